The third-order valence-electron chi connectivity index (χ3n) is 17.7. The molecule has 0 fully saturated rings. The quantitative estimate of drug-likeness (QED) is 0.0273. The molecule has 0 bridgehead atoms. The van der Waals surface area contributed by atoms with Crippen LogP contribution >= 0.6 is 0 Å². The zero-order valence-corrected chi connectivity index (χ0v) is 59.4. The van der Waals surface area contributed by atoms with Crippen LogP contribution in [0.3, 0.4) is 0 Å². The number of hydrogen-bond acceptors (Lipinski definition) is 0. The van der Waals surface area contributed by atoms with Gasteiger partial charge in [-0.1, -0.05) is 343 Å². The molecule has 3 heteroatoms. The molecule has 0 aliphatic carbocycles. The zero-order valence-electron chi connectivity index (χ0n) is 58.4. The Bertz CT molecular complexity index is 1800. The summed E-state index contributed by atoms with van der Waals surface area (Å²) in [6.07, 6.45) is 76.4. The molecule has 0 unspecified atom stereocenters. The van der Waals surface area contributed by atoms with E-state index in [0.29, 0.717) is 0 Å². The van der Waals surface area contributed by atoms with Gasteiger partial charge in [0.2, 0.25) is 11.4 Å². The van der Waals surface area contributed by atoms with Gasteiger partial charge in [-0.15, -0.1) is 0 Å². The summed E-state index contributed by atoms with van der Waals surface area (Å²) in [5.74, 6) is 0. The van der Waals surface area contributed by atoms with Crippen LogP contribution in [0.2, 0.25) is 0 Å². The summed E-state index contributed by atoms with van der Waals surface area (Å²) in [5.41, 5.74) is 25.2. The van der Waals surface area contributed by atoms with Crippen molar-refractivity contribution < 1.29 is 21.2 Å². The monoisotopic (exact) mass is 1220 g/mol. The summed E-state index contributed by atoms with van der Waals surface area (Å²) in [4.78, 5) is 0. The zero-order chi connectivity index (χ0) is 61.2. The predicted molar refractivity (Wildman–Crippen MR) is 381 cm³/mol. The molecule has 0 saturated heterocycles. The summed E-state index contributed by atoms with van der Waals surface area (Å²) in [6, 6.07) is 14.5. The van der Waals surface area contributed by atoms with Crippen molar-refractivity contribution >= 4 is 11.4 Å². The summed E-state index contributed by atoms with van der Waals surface area (Å²) in [5, 5.41) is 0. The van der Waals surface area contributed by atoms with Crippen LogP contribution in [-0.4, -0.2) is 4.70 Å². The fourth-order valence-corrected chi connectivity index (χ4v) is 12.3. The van der Waals surface area contributed by atoms with E-state index in [1.54, 1.807) is 4.70 Å². The largest absolute Gasteiger partial charge is 2.00 e. The second-order valence-electron chi connectivity index (χ2n) is 26.0. The Morgan fingerprint density at radius 3 is 0.812 bits per heavy atom. The molecule has 492 valence electrons. The van der Waals surface area contributed by atoms with Crippen LogP contribution in [0.25, 0.3) is 16.9 Å². The van der Waals surface area contributed by atoms with Gasteiger partial charge >= 0.3 is 16.5 Å². The van der Waals surface area contributed by atoms with E-state index in [1.165, 1.54) is 340 Å². The number of hydrogen-bond donors (Lipinski definition) is 0. The first kappa shape index (κ1) is 82.8. The molecule has 2 aromatic rings. The van der Waals surface area contributed by atoms with Crippen LogP contribution in [0.4, 0.5) is 0 Å². The maximum atomic E-state index is 12.6. The van der Waals surface area contributed by atoms with Crippen molar-refractivity contribution in [3.8, 4) is 0 Å². The molecule has 85 heavy (non-hydrogen) atoms. The minimum Gasteiger partial charge on any atom is -0.493 e. The van der Waals surface area contributed by atoms with Crippen molar-refractivity contribution in [1.29, 1.82) is 0 Å². The van der Waals surface area contributed by atoms with Crippen molar-refractivity contribution in [3.63, 3.8) is 0 Å². The van der Waals surface area contributed by atoms with E-state index in [2.05, 4.69) is 118 Å². The van der Waals surface area contributed by atoms with Crippen LogP contribution in [0.15, 0.2) is 59.7 Å². The van der Waals surface area contributed by atoms with E-state index < -0.39 is 0 Å². The van der Waals surface area contributed by atoms with E-state index in [4.69, 9.17) is 0 Å². The minimum absolute atomic E-state index is 0. The number of benzene rings is 2. The van der Waals surface area contributed by atoms with Gasteiger partial charge in [-0.25, -0.2) is 4.70 Å². The SMILES string of the molecule is CCC=CC1=C(c2cc(CCCC)cc(CCCC)c2)[N+](=[N-])C(c2cc(CCCC)cc(CCCC)c2)=C1CCCCCCCCCCCCCCCCCCCC.[CH2-]CCCCCCCCCCCC.[CH2-]CCCCCCCCCCCC.[Ni+2]. The number of aryl methyl sites for hydroxylation is 4. The summed E-state index contributed by atoms with van der Waals surface area (Å²) in [7, 11) is 0. The average Bonchev–Trinajstić information content (AvgIpc) is 2.14. The number of unbranched alkanes of at least 4 members (excludes halogenated alkanes) is 41. The van der Waals surface area contributed by atoms with E-state index in [0.717, 1.165) is 62.8 Å². The van der Waals surface area contributed by atoms with E-state index >= 15 is 0 Å². The fraction of sp³-hybridized carbons (Fsp3) is 0.756. The molecule has 1 heterocycles. The van der Waals surface area contributed by atoms with Gasteiger partial charge < -0.3 is 19.4 Å². The van der Waals surface area contributed by atoms with Crippen LogP contribution in [0.1, 0.15) is 410 Å². The van der Waals surface area contributed by atoms with E-state index in [9.17, 15) is 5.53 Å². The van der Waals surface area contributed by atoms with Gasteiger partial charge in [-0.05, 0) is 117 Å². The van der Waals surface area contributed by atoms with Gasteiger partial charge in [-0.3, -0.25) is 0 Å². The molecular weight excluding hydrogens is 1070 g/mol. The van der Waals surface area contributed by atoms with Gasteiger partial charge in [0.15, 0.2) is 0 Å². The molecule has 0 N–H and O–H groups in total. The smallest absolute Gasteiger partial charge is 0.493 e. The average molecular weight is 1220 g/mol. The van der Waals surface area contributed by atoms with Gasteiger partial charge in [0.05, 0.1) is 5.57 Å². The molecule has 0 atom stereocenters. The van der Waals surface area contributed by atoms with Crippen molar-refractivity contribution in [2.24, 2.45) is 0 Å². The molecule has 0 aromatic heterocycles. The Balaban J connectivity index is 0.00000215. The molecular formula is C82H144N2Ni. The standard InChI is InChI=1S/C56H90N2.2C13H27.Ni/c1-7-13-19-20-21-22-23-24-25-26-27-28-29-30-31-32-33-34-40-54-53(39-18-12-6)55(51-43-47(35-14-8-2)41-48(44-51)36-15-9-3)58(57)56(54)52-45-49(37-16-10-4)42-50(46-52)38-17-11-5;2*1-3-5-7-9-11-13-12-10-8-6-4-2;/h18,39,41-46H,7-17,19-38,40H2,1-6H3;2*1,3-13H2,2H3;/q;2*-1;+2. The van der Waals surface area contributed by atoms with E-state index in [1.807, 2.05) is 0 Å². The molecule has 2 nitrogen and oxygen atoms in total. The Hall–Kier alpha value is -2.25. The van der Waals surface area contributed by atoms with Crippen molar-refractivity contribution in [2.45, 2.75) is 402 Å². The third kappa shape index (κ3) is 43.2. The van der Waals surface area contributed by atoms with Crippen LogP contribution < -0.4 is 0 Å². The predicted octanol–water partition coefficient (Wildman–Crippen LogP) is 28.9. The molecule has 0 amide bonds. The van der Waals surface area contributed by atoms with Crippen LogP contribution in [0, 0.1) is 13.8 Å². The molecule has 0 saturated carbocycles. The first-order valence-electron chi connectivity index (χ1n) is 37.8. The molecule has 3 rings (SSSR count). The first-order chi connectivity index (χ1) is 41.3. The van der Waals surface area contributed by atoms with Gasteiger partial charge in [0, 0.05) is 16.7 Å². The maximum absolute atomic E-state index is 12.6. The Morgan fingerprint density at radius 1 is 0.306 bits per heavy atom. The van der Waals surface area contributed by atoms with Crippen LogP contribution in [-0.2, 0) is 42.2 Å². The molecule has 1 aliphatic rings. The second-order valence-corrected chi connectivity index (χ2v) is 26.0. The summed E-state index contributed by atoms with van der Waals surface area (Å²) >= 11 is 0. The topological polar surface area (TPSA) is 25.3 Å². The Labute approximate surface area is 543 Å². The number of allylic oxidation sites excluding steroid dienone is 4. The maximum Gasteiger partial charge on any atom is 2.00 e. The van der Waals surface area contributed by atoms with Crippen molar-refractivity contribution in [1.82, 2.24) is 0 Å². The van der Waals surface area contributed by atoms with E-state index in [-0.39, 0.29) is 16.5 Å². The van der Waals surface area contributed by atoms with Crippen molar-refractivity contribution in [2.75, 3.05) is 0 Å². The Morgan fingerprint density at radius 2 is 0.553 bits per heavy atom. The van der Waals surface area contributed by atoms with Gasteiger partial charge in [-0.2, -0.15) is 12.8 Å². The van der Waals surface area contributed by atoms with Gasteiger partial charge in [0.1, 0.15) is 0 Å². The fourth-order valence-electron chi connectivity index (χ4n) is 12.3. The van der Waals surface area contributed by atoms with Crippen LogP contribution in [0.5, 0.6) is 0 Å². The third-order valence-corrected chi connectivity index (χ3v) is 17.7. The second kappa shape index (κ2) is 62.0. The molecule has 0 spiro atoms. The minimum atomic E-state index is 0. The van der Waals surface area contributed by atoms with Gasteiger partial charge in [0.25, 0.3) is 0 Å². The molecule has 2 aromatic carbocycles. The normalized spacial score (nSPS) is 12.3. The number of rotatable bonds is 55. The molecule has 1 aliphatic heterocycles. The first-order valence-corrected chi connectivity index (χ1v) is 37.8. The number of nitrogens with zero attached hydrogens (tertiary/aromatic N) is 2. The van der Waals surface area contributed by atoms with Crippen molar-refractivity contribution in [3.05, 3.63) is 112 Å². The Kier molecular flexibility index (Phi) is 60.3. The summed E-state index contributed by atoms with van der Waals surface area (Å²) < 4.78 is 1.63. The summed E-state index contributed by atoms with van der Waals surface area (Å²) in [6.45, 7) is 26.0. The molecule has 0 radical (unpaired) electrons.